The number of nitrogens with one attached hydrogen (secondary N) is 2. The summed E-state index contributed by atoms with van der Waals surface area (Å²) in [5.74, 6) is 0. The molecule has 2 aromatic rings. The Labute approximate surface area is 166 Å². The van der Waals surface area contributed by atoms with Crippen LogP contribution in [-0.2, 0) is 4.74 Å². The number of ether oxygens (including phenoxy) is 1. The summed E-state index contributed by atoms with van der Waals surface area (Å²) in [4.78, 5) is 2.33. The Bertz CT molecular complexity index is 806. The maximum Gasteiger partial charge on any atom is 0.191 e. The van der Waals surface area contributed by atoms with E-state index >= 15 is 0 Å². The number of hydrogen-bond donors (Lipinski definition) is 2. The van der Waals surface area contributed by atoms with Gasteiger partial charge in [-0.05, 0) is 61.8 Å². The Morgan fingerprint density at radius 3 is 2.30 bits per heavy atom. The van der Waals surface area contributed by atoms with E-state index in [1.165, 1.54) is 5.69 Å². The second-order valence-corrected chi connectivity index (χ2v) is 7.08. The highest BCUT2D eigenvalue weighted by molar-refractivity contribution is 7.80. The van der Waals surface area contributed by atoms with Crippen LogP contribution in [0.3, 0.4) is 0 Å². The van der Waals surface area contributed by atoms with Gasteiger partial charge in [0.05, 0.1) is 18.9 Å². The highest BCUT2D eigenvalue weighted by atomic mass is 32.1. The fourth-order valence-electron chi connectivity index (χ4n) is 3.09. The lowest BCUT2D eigenvalue weighted by atomic mass is 10.1. The molecular formula is C21H26N4OS. The van der Waals surface area contributed by atoms with Crippen molar-refractivity contribution < 1.29 is 4.74 Å². The van der Waals surface area contributed by atoms with Crippen molar-refractivity contribution in [2.75, 3.05) is 36.5 Å². The highest BCUT2D eigenvalue weighted by Crippen LogP contribution is 2.19. The molecule has 0 saturated carbocycles. The van der Waals surface area contributed by atoms with Gasteiger partial charge in [-0.15, -0.1) is 0 Å². The first-order valence-corrected chi connectivity index (χ1v) is 9.56. The van der Waals surface area contributed by atoms with Crippen molar-refractivity contribution in [1.29, 1.82) is 0 Å². The van der Waals surface area contributed by atoms with Crippen LogP contribution in [0.1, 0.15) is 23.6 Å². The van der Waals surface area contributed by atoms with Crippen LogP contribution in [-0.4, -0.2) is 37.1 Å². The molecule has 142 valence electrons. The van der Waals surface area contributed by atoms with E-state index in [0.29, 0.717) is 5.11 Å². The summed E-state index contributed by atoms with van der Waals surface area (Å²) in [6.07, 6.45) is 0. The van der Waals surface area contributed by atoms with Gasteiger partial charge in [-0.3, -0.25) is 5.43 Å². The molecule has 27 heavy (non-hydrogen) atoms. The molecule has 0 atom stereocenters. The Balaban J connectivity index is 1.60. The summed E-state index contributed by atoms with van der Waals surface area (Å²) >= 11 is 5.38. The third-order valence-corrected chi connectivity index (χ3v) is 4.90. The van der Waals surface area contributed by atoms with Gasteiger partial charge < -0.3 is 15.0 Å². The van der Waals surface area contributed by atoms with E-state index in [9.17, 15) is 0 Å². The minimum Gasteiger partial charge on any atom is -0.378 e. The van der Waals surface area contributed by atoms with Gasteiger partial charge in [0, 0.05) is 24.5 Å². The zero-order chi connectivity index (χ0) is 19.2. The van der Waals surface area contributed by atoms with Crippen LogP contribution in [0.25, 0.3) is 0 Å². The third kappa shape index (κ3) is 5.05. The fourth-order valence-corrected chi connectivity index (χ4v) is 3.23. The molecule has 0 spiro atoms. The van der Waals surface area contributed by atoms with Crippen molar-refractivity contribution in [3.63, 3.8) is 0 Å². The third-order valence-electron chi connectivity index (χ3n) is 4.71. The molecule has 1 aliphatic heterocycles. The van der Waals surface area contributed by atoms with Gasteiger partial charge >= 0.3 is 0 Å². The summed E-state index contributed by atoms with van der Waals surface area (Å²) in [6.45, 7) is 9.54. The Hall–Kier alpha value is -2.44. The van der Waals surface area contributed by atoms with E-state index in [0.717, 1.165) is 54.4 Å². The number of thiocarbonyl (C=S) groups is 1. The molecule has 0 aliphatic carbocycles. The van der Waals surface area contributed by atoms with Crippen LogP contribution in [0.4, 0.5) is 11.4 Å². The van der Waals surface area contributed by atoms with Crippen molar-refractivity contribution in [3.05, 3.63) is 59.2 Å². The van der Waals surface area contributed by atoms with Gasteiger partial charge in [0.25, 0.3) is 0 Å². The lowest BCUT2D eigenvalue weighted by molar-refractivity contribution is 0.122. The van der Waals surface area contributed by atoms with Crippen LogP contribution in [0, 0.1) is 13.8 Å². The molecule has 1 saturated heterocycles. The minimum atomic E-state index is 0.483. The van der Waals surface area contributed by atoms with E-state index in [2.05, 4.69) is 71.0 Å². The van der Waals surface area contributed by atoms with Gasteiger partial charge in [0.2, 0.25) is 0 Å². The number of nitrogens with zero attached hydrogens (tertiary/aromatic N) is 2. The number of rotatable bonds is 4. The van der Waals surface area contributed by atoms with Crippen molar-refractivity contribution in [1.82, 2.24) is 5.43 Å². The molecule has 0 amide bonds. The Kier molecular flexibility index (Phi) is 6.42. The number of benzene rings is 2. The molecule has 1 fully saturated rings. The number of hydrogen-bond acceptors (Lipinski definition) is 4. The van der Waals surface area contributed by atoms with E-state index in [1.807, 2.05) is 13.0 Å². The van der Waals surface area contributed by atoms with Gasteiger partial charge in [-0.25, -0.2) is 0 Å². The summed E-state index contributed by atoms with van der Waals surface area (Å²) in [6, 6.07) is 14.6. The van der Waals surface area contributed by atoms with E-state index in [1.54, 1.807) is 0 Å². The van der Waals surface area contributed by atoms with Crippen LogP contribution in [0.5, 0.6) is 0 Å². The predicted octanol–water partition coefficient (Wildman–Crippen LogP) is 3.85. The van der Waals surface area contributed by atoms with Gasteiger partial charge in [0.15, 0.2) is 5.11 Å². The standard InChI is InChI=1S/C21H26N4OS/c1-15-5-4-6-16(2)20(15)22-21(27)24-23-17(3)18-7-9-19(10-8-18)25-11-13-26-14-12-25/h4-10H,11-14H2,1-3H3,(H2,22,24,27)/b23-17+. The predicted molar refractivity (Wildman–Crippen MR) is 117 cm³/mol. The Morgan fingerprint density at radius 2 is 1.67 bits per heavy atom. The topological polar surface area (TPSA) is 48.9 Å². The van der Waals surface area contributed by atoms with Gasteiger partial charge in [-0.2, -0.15) is 5.10 Å². The second-order valence-electron chi connectivity index (χ2n) is 6.68. The molecule has 6 heteroatoms. The van der Waals surface area contributed by atoms with Crippen LogP contribution in [0.2, 0.25) is 0 Å². The summed E-state index contributed by atoms with van der Waals surface area (Å²) < 4.78 is 5.41. The number of para-hydroxylation sites is 1. The second kappa shape index (κ2) is 8.97. The molecule has 2 N–H and O–H groups in total. The quantitative estimate of drug-likeness (QED) is 0.478. The zero-order valence-corrected chi connectivity index (χ0v) is 16.9. The summed E-state index contributed by atoms with van der Waals surface area (Å²) in [5, 5.41) is 8.14. The monoisotopic (exact) mass is 382 g/mol. The zero-order valence-electron chi connectivity index (χ0n) is 16.1. The van der Waals surface area contributed by atoms with Crippen molar-refractivity contribution in [2.24, 2.45) is 5.10 Å². The number of anilines is 2. The van der Waals surface area contributed by atoms with Crippen LogP contribution in [0.15, 0.2) is 47.6 Å². The van der Waals surface area contributed by atoms with Crippen LogP contribution >= 0.6 is 12.2 Å². The van der Waals surface area contributed by atoms with Crippen molar-refractivity contribution >= 4 is 34.4 Å². The maximum absolute atomic E-state index is 5.41. The summed E-state index contributed by atoms with van der Waals surface area (Å²) in [5.41, 5.74) is 9.44. The normalized spacial score (nSPS) is 14.8. The molecule has 2 aromatic carbocycles. The van der Waals surface area contributed by atoms with Crippen molar-refractivity contribution in [2.45, 2.75) is 20.8 Å². The van der Waals surface area contributed by atoms with Gasteiger partial charge in [0.1, 0.15) is 0 Å². The molecule has 1 aliphatic rings. The number of hydrazone groups is 1. The number of morpholine rings is 1. The Morgan fingerprint density at radius 1 is 1.04 bits per heavy atom. The number of aryl methyl sites for hydroxylation is 2. The maximum atomic E-state index is 5.41. The largest absolute Gasteiger partial charge is 0.378 e. The molecule has 0 radical (unpaired) electrons. The first kappa shape index (κ1) is 19.3. The smallest absolute Gasteiger partial charge is 0.191 e. The van der Waals surface area contributed by atoms with Crippen LogP contribution < -0.4 is 15.6 Å². The minimum absolute atomic E-state index is 0.483. The van der Waals surface area contributed by atoms with E-state index < -0.39 is 0 Å². The molecule has 1 heterocycles. The lowest BCUT2D eigenvalue weighted by Gasteiger charge is -2.28. The van der Waals surface area contributed by atoms with E-state index in [-0.39, 0.29) is 0 Å². The van der Waals surface area contributed by atoms with Crippen molar-refractivity contribution in [3.8, 4) is 0 Å². The molecule has 5 nitrogen and oxygen atoms in total. The highest BCUT2D eigenvalue weighted by Gasteiger charge is 2.11. The molecule has 3 rings (SSSR count). The van der Waals surface area contributed by atoms with Gasteiger partial charge in [-0.1, -0.05) is 30.3 Å². The van der Waals surface area contributed by atoms with E-state index in [4.69, 9.17) is 17.0 Å². The molecule has 0 unspecified atom stereocenters. The molecule has 0 aromatic heterocycles. The average molecular weight is 383 g/mol. The molecule has 0 bridgehead atoms. The fraction of sp³-hybridized carbons (Fsp3) is 0.333. The first-order valence-electron chi connectivity index (χ1n) is 9.15. The lowest BCUT2D eigenvalue weighted by Crippen LogP contribution is -2.36. The SMILES string of the molecule is C/C(=N\NC(=S)Nc1c(C)cccc1C)c1ccc(N2CCOCC2)cc1. The molecular weight excluding hydrogens is 356 g/mol. The first-order chi connectivity index (χ1) is 13.0. The average Bonchev–Trinajstić information content (AvgIpc) is 2.70. The summed E-state index contributed by atoms with van der Waals surface area (Å²) in [7, 11) is 0.